The van der Waals surface area contributed by atoms with Crippen LogP contribution in [-0.4, -0.2) is 44.8 Å². The van der Waals surface area contributed by atoms with Crippen molar-refractivity contribution in [1.82, 2.24) is 14.8 Å². The van der Waals surface area contributed by atoms with Crippen LogP contribution < -0.4 is 15.2 Å². The van der Waals surface area contributed by atoms with E-state index in [9.17, 15) is 9.00 Å². The Bertz CT molecular complexity index is 1350. The van der Waals surface area contributed by atoms with Crippen molar-refractivity contribution in [2.45, 2.75) is 81.8 Å². The molecule has 3 N–H and O–H groups in total. The number of methoxy groups -OCH3 is 1. The van der Waals surface area contributed by atoms with Gasteiger partial charge in [0.15, 0.2) is 9.92 Å². The predicted octanol–water partition coefficient (Wildman–Crippen LogP) is 3.36. The molecule has 4 aliphatic rings. The first-order valence-corrected chi connectivity index (χ1v) is 14.4. The molecule has 0 saturated heterocycles. The summed E-state index contributed by atoms with van der Waals surface area (Å²) in [7, 11) is -1.81. The highest BCUT2D eigenvalue weighted by molar-refractivity contribution is 7.91. The average molecular weight is 515 g/mol. The molecule has 1 saturated carbocycles. The van der Waals surface area contributed by atoms with Crippen molar-refractivity contribution >= 4 is 21.6 Å². The molecular weight excluding hydrogens is 480 g/mol. The molecule has 36 heavy (non-hydrogen) atoms. The summed E-state index contributed by atoms with van der Waals surface area (Å²) in [5.41, 5.74) is 4.97. The van der Waals surface area contributed by atoms with Crippen LogP contribution in [0.25, 0.3) is 0 Å². The molecule has 2 aromatic rings. The second kappa shape index (κ2) is 8.53. The molecule has 0 bridgehead atoms. The van der Waals surface area contributed by atoms with Crippen LogP contribution in [-0.2, 0) is 45.9 Å². The lowest BCUT2D eigenvalue weighted by Gasteiger charge is -2.40. The molecule has 0 aromatic carbocycles. The third-order valence-corrected chi connectivity index (χ3v) is 9.81. The van der Waals surface area contributed by atoms with E-state index < -0.39 is 15.9 Å². The molecule has 194 valence electrons. The number of nitrogens with zero attached hydrogens (tertiary/aromatic N) is 4. The molecular formula is C25H34N6O4S. The lowest BCUT2D eigenvalue weighted by molar-refractivity contribution is -0.0392. The second-order valence-corrected chi connectivity index (χ2v) is 13.0. The molecule has 2 atom stereocenters. The molecule has 0 radical (unpaired) electrons. The first kappa shape index (κ1) is 23.9. The van der Waals surface area contributed by atoms with Crippen LogP contribution in [0.2, 0.25) is 0 Å². The number of nitrogens with two attached hydrogens (primary N) is 1. The number of anilines is 1. The van der Waals surface area contributed by atoms with Crippen LogP contribution in [0.15, 0.2) is 15.5 Å². The Labute approximate surface area is 211 Å². The minimum absolute atomic E-state index is 0.0403. The van der Waals surface area contributed by atoms with Crippen LogP contribution in [0.3, 0.4) is 0 Å². The maximum absolute atomic E-state index is 13.4. The number of hydrogen-bond donors (Lipinski definition) is 2. The van der Waals surface area contributed by atoms with Crippen molar-refractivity contribution in [3.8, 4) is 5.88 Å². The third-order valence-electron chi connectivity index (χ3n) is 8.46. The van der Waals surface area contributed by atoms with Crippen molar-refractivity contribution in [1.29, 1.82) is 0 Å². The molecule has 2 unspecified atom stereocenters. The molecule has 3 aliphatic carbocycles. The van der Waals surface area contributed by atoms with E-state index in [0.29, 0.717) is 37.0 Å². The minimum atomic E-state index is -3.55. The summed E-state index contributed by atoms with van der Waals surface area (Å²) < 4.78 is 30.4. The van der Waals surface area contributed by atoms with Gasteiger partial charge in [-0.15, -0.1) is 4.36 Å². The summed E-state index contributed by atoms with van der Waals surface area (Å²) >= 11 is 0. The highest BCUT2D eigenvalue weighted by Gasteiger charge is 2.39. The smallest absolute Gasteiger partial charge is 0.354 e. The maximum atomic E-state index is 13.4. The number of nitrogens with one attached hydrogen (secondary N) is 1. The Morgan fingerprint density at radius 1 is 1.28 bits per heavy atom. The maximum Gasteiger partial charge on any atom is 0.354 e. The Morgan fingerprint density at radius 3 is 2.86 bits per heavy atom. The third kappa shape index (κ3) is 3.92. The SMILES string of the molecule is COC1CC(C2COc3c(S(N)(=O)=NC(=O)Nc4c5c(nc6c4CCC6(C)C)CCC5)cnn3C2)C1. The molecule has 1 fully saturated rings. The fraction of sp³-hybridized carbons (Fsp3) is 0.640. The van der Waals surface area contributed by atoms with Gasteiger partial charge in [-0.25, -0.2) is 18.8 Å². The fourth-order valence-corrected chi connectivity index (χ4v) is 7.20. The lowest BCUT2D eigenvalue weighted by Crippen LogP contribution is -2.41. The van der Waals surface area contributed by atoms with Gasteiger partial charge < -0.3 is 14.8 Å². The van der Waals surface area contributed by atoms with E-state index in [2.05, 4.69) is 28.6 Å². The van der Waals surface area contributed by atoms with Gasteiger partial charge in [0.25, 0.3) is 0 Å². The van der Waals surface area contributed by atoms with E-state index >= 15 is 0 Å². The van der Waals surface area contributed by atoms with E-state index in [-0.39, 0.29) is 10.3 Å². The van der Waals surface area contributed by atoms with Crippen molar-refractivity contribution in [2.75, 3.05) is 19.0 Å². The lowest BCUT2D eigenvalue weighted by atomic mass is 9.73. The van der Waals surface area contributed by atoms with E-state index in [1.165, 1.54) is 6.20 Å². The zero-order chi connectivity index (χ0) is 25.2. The fourth-order valence-electron chi connectivity index (χ4n) is 6.20. The average Bonchev–Trinajstić information content (AvgIpc) is 3.50. The van der Waals surface area contributed by atoms with E-state index in [4.69, 9.17) is 19.6 Å². The highest BCUT2D eigenvalue weighted by atomic mass is 32.2. The quantitative estimate of drug-likeness (QED) is 0.643. The van der Waals surface area contributed by atoms with E-state index in [1.807, 2.05) is 0 Å². The molecule has 6 rings (SSSR count). The number of urea groups is 1. The van der Waals surface area contributed by atoms with Gasteiger partial charge in [-0.3, -0.25) is 4.98 Å². The van der Waals surface area contributed by atoms with Gasteiger partial charge in [0.2, 0.25) is 5.88 Å². The van der Waals surface area contributed by atoms with E-state index in [1.54, 1.807) is 11.8 Å². The van der Waals surface area contributed by atoms with Gasteiger partial charge in [0.05, 0.1) is 36.8 Å². The van der Waals surface area contributed by atoms with Gasteiger partial charge in [0, 0.05) is 24.1 Å². The number of aryl methyl sites for hydroxylation is 1. The number of pyridine rings is 1. The van der Waals surface area contributed by atoms with Crippen LogP contribution in [0.5, 0.6) is 5.88 Å². The number of carbonyl (C=O) groups is 1. The molecule has 11 heteroatoms. The number of ether oxygens (including phenoxy) is 2. The number of hydrogen-bond acceptors (Lipinski definition) is 6. The van der Waals surface area contributed by atoms with Crippen LogP contribution in [0.4, 0.5) is 10.5 Å². The zero-order valence-corrected chi connectivity index (χ0v) is 21.9. The normalized spacial score (nSPS) is 27.2. The van der Waals surface area contributed by atoms with Crippen LogP contribution >= 0.6 is 0 Å². The van der Waals surface area contributed by atoms with Gasteiger partial charge in [-0.1, -0.05) is 13.8 Å². The monoisotopic (exact) mass is 514 g/mol. The first-order chi connectivity index (χ1) is 17.2. The summed E-state index contributed by atoms with van der Waals surface area (Å²) in [6.45, 7) is 5.52. The Kier molecular flexibility index (Phi) is 5.65. The topological polar surface area (TPSA) is 134 Å². The molecule has 0 spiro atoms. The van der Waals surface area contributed by atoms with Gasteiger partial charge in [0.1, 0.15) is 4.90 Å². The van der Waals surface area contributed by atoms with Crippen molar-refractivity contribution in [3.05, 3.63) is 28.7 Å². The standard InChI is InChI=1S/C25H34N6O4S/c1-25(2)8-7-18-21(17-5-4-6-19(17)28-22(18)25)29-24(32)30-36(26,33)20-11-27-31-12-15(13-35-23(20)31)14-9-16(10-14)34-3/h11,14-16H,4-10,12-13H2,1-3H3,(H3,26,28,29,30,32,33). The molecule has 1 aliphatic heterocycles. The molecule has 3 heterocycles. The Hall–Kier alpha value is -2.50. The number of aromatic nitrogens is 3. The predicted molar refractivity (Wildman–Crippen MR) is 134 cm³/mol. The molecule has 2 aromatic heterocycles. The number of carbonyl (C=O) groups excluding carboxylic acids is 1. The minimum Gasteiger partial charge on any atom is -0.477 e. The summed E-state index contributed by atoms with van der Waals surface area (Å²) in [5, 5.41) is 13.4. The van der Waals surface area contributed by atoms with Gasteiger partial charge in [-0.2, -0.15) is 5.10 Å². The number of fused-ring (bicyclic) bond motifs is 3. The summed E-state index contributed by atoms with van der Waals surface area (Å²) in [4.78, 5) is 18.2. The summed E-state index contributed by atoms with van der Waals surface area (Å²) in [6.07, 6.45) is 8.34. The van der Waals surface area contributed by atoms with Crippen molar-refractivity contribution in [3.63, 3.8) is 0 Å². The summed E-state index contributed by atoms with van der Waals surface area (Å²) in [5.74, 6) is 1.17. The number of amides is 2. The Balaban J connectivity index is 1.24. The second-order valence-electron chi connectivity index (χ2n) is 11.2. The largest absolute Gasteiger partial charge is 0.477 e. The number of rotatable bonds is 4. The van der Waals surface area contributed by atoms with E-state index in [0.717, 1.165) is 73.1 Å². The van der Waals surface area contributed by atoms with Gasteiger partial charge in [-0.05, 0) is 62.0 Å². The highest BCUT2D eigenvalue weighted by Crippen LogP contribution is 2.44. The van der Waals surface area contributed by atoms with Crippen LogP contribution in [0.1, 0.15) is 62.0 Å². The summed E-state index contributed by atoms with van der Waals surface area (Å²) in [6, 6.07) is -0.719. The first-order valence-electron chi connectivity index (χ1n) is 12.8. The van der Waals surface area contributed by atoms with Crippen LogP contribution in [0, 0.1) is 11.8 Å². The molecule has 10 nitrogen and oxygen atoms in total. The zero-order valence-electron chi connectivity index (χ0n) is 21.1. The van der Waals surface area contributed by atoms with Crippen molar-refractivity contribution < 1.29 is 18.5 Å². The van der Waals surface area contributed by atoms with Crippen molar-refractivity contribution in [2.24, 2.45) is 21.3 Å². The van der Waals surface area contributed by atoms with Gasteiger partial charge >= 0.3 is 6.03 Å². The molecule has 2 amide bonds. The Morgan fingerprint density at radius 2 is 2.08 bits per heavy atom.